The summed E-state index contributed by atoms with van der Waals surface area (Å²) < 4.78 is 5.67. The molecule has 0 aliphatic heterocycles. The SMILES string of the molecule is Cc1cc(C)c(C)c(Oc2ncccc2C(=O)O)c1. The first-order chi connectivity index (χ1) is 8.99. The Morgan fingerprint density at radius 1 is 1.26 bits per heavy atom. The molecule has 2 aromatic rings. The topological polar surface area (TPSA) is 59.4 Å². The largest absolute Gasteiger partial charge is 0.477 e. The maximum Gasteiger partial charge on any atom is 0.341 e. The van der Waals surface area contributed by atoms with Gasteiger partial charge in [-0.3, -0.25) is 0 Å². The van der Waals surface area contributed by atoms with Crippen molar-refractivity contribution < 1.29 is 14.6 Å². The van der Waals surface area contributed by atoms with E-state index in [1.165, 1.54) is 12.3 Å². The monoisotopic (exact) mass is 257 g/mol. The van der Waals surface area contributed by atoms with Crippen molar-refractivity contribution in [1.82, 2.24) is 4.98 Å². The fourth-order valence-corrected chi connectivity index (χ4v) is 1.85. The van der Waals surface area contributed by atoms with Gasteiger partial charge in [-0.1, -0.05) is 6.07 Å². The maximum absolute atomic E-state index is 11.1. The van der Waals surface area contributed by atoms with Gasteiger partial charge in [-0.15, -0.1) is 0 Å². The molecule has 1 aromatic carbocycles. The van der Waals surface area contributed by atoms with Crippen LogP contribution in [0.2, 0.25) is 0 Å². The summed E-state index contributed by atoms with van der Waals surface area (Å²) in [6, 6.07) is 6.98. The van der Waals surface area contributed by atoms with E-state index in [0.717, 1.165) is 16.7 Å². The Kier molecular flexibility index (Phi) is 3.51. The van der Waals surface area contributed by atoms with Gasteiger partial charge in [0.25, 0.3) is 0 Å². The molecule has 0 unspecified atom stereocenters. The van der Waals surface area contributed by atoms with Crippen LogP contribution in [0.25, 0.3) is 0 Å². The molecule has 0 saturated carbocycles. The summed E-state index contributed by atoms with van der Waals surface area (Å²) in [6.45, 7) is 5.90. The van der Waals surface area contributed by atoms with Gasteiger partial charge >= 0.3 is 5.97 Å². The lowest BCUT2D eigenvalue weighted by Crippen LogP contribution is -2.02. The third-order valence-corrected chi connectivity index (χ3v) is 2.97. The van der Waals surface area contributed by atoms with Gasteiger partial charge in [0, 0.05) is 6.20 Å². The number of carboxylic acids is 1. The van der Waals surface area contributed by atoms with Gasteiger partial charge < -0.3 is 9.84 Å². The number of ether oxygens (including phenoxy) is 1. The number of carboxylic acid groups (broad SMARTS) is 1. The average Bonchev–Trinajstić information content (AvgIpc) is 2.35. The molecule has 0 fully saturated rings. The second-order valence-corrected chi connectivity index (χ2v) is 4.47. The highest BCUT2D eigenvalue weighted by molar-refractivity contribution is 5.90. The van der Waals surface area contributed by atoms with Gasteiger partial charge in [0.05, 0.1) is 0 Å². The number of hydrogen-bond acceptors (Lipinski definition) is 3. The van der Waals surface area contributed by atoms with E-state index in [0.29, 0.717) is 5.75 Å². The lowest BCUT2D eigenvalue weighted by molar-refractivity contribution is 0.0693. The van der Waals surface area contributed by atoms with Gasteiger partial charge in [-0.25, -0.2) is 9.78 Å². The van der Waals surface area contributed by atoms with E-state index < -0.39 is 5.97 Å². The second-order valence-electron chi connectivity index (χ2n) is 4.47. The summed E-state index contributed by atoms with van der Waals surface area (Å²) in [5.74, 6) is -0.299. The molecule has 1 N–H and O–H groups in total. The molecule has 1 heterocycles. The van der Waals surface area contributed by atoms with E-state index in [1.54, 1.807) is 6.07 Å². The molecule has 4 heteroatoms. The predicted molar refractivity (Wildman–Crippen MR) is 71.9 cm³/mol. The number of aryl methyl sites for hydroxylation is 2. The molecule has 0 spiro atoms. The number of pyridine rings is 1. The van der Waals surface area contributed by atoms with Crippen LogP contribution in [-0.4, -0.2) is 16.1 Å². The van der Waals surface area contributed by atoms with Crippen LogP contribution in [0.5, 0.6) is 11.6 Å². The molecule has 19 heavy (non-hydrogen) atoms. The predicted octanol–water partition coefficient (Wildman–Crippen LogP) is 3.50. The van der Waals surface area contributed by atoms with Crippen molar-refractivity contribution >= 4 is 5.97 Å². The number of carbonyl (C=O) groups is 1. The van der Waals surface area contributed by atoms with Crippen LogP contribution < -0.4 is 4.74 Å². The Hall–Kier alpha value is -2.36. The highest BCUT2D eigenvalue weighted by Gasteiger charge is 2.14. The van der Waals surface area contributed by atoms with Crippen molar-refractivity contribution in [3.05, 3.63) is 52.7 Å². The highest BCUT2D eigenvalue weighted by atomic mass is 16.5. The van der Waals surface area contributed by atoms with Crippen LogP contribution in [0.1, 0.15) is 27.0 Å². The van der Waals surface area contributed by atoms with Crippen molar-refractivity contribution in [1.29, 1.82) is 0 Å². The van der Waals surface area contributed by atoms with Crippen LogP contribution in [-0.2, 0) is 0 Å². The normalized spacial score (nSPS) is 10.3. The summed E-state index contributed by atoms with van der Waals surface area (Å²) in [5, 5.41) is 9.10. The minimum absolute atomic E-state index is 0.0565. The quantitative estimate of drug-likeness (QED) is 0.914. The molecule has 2 rings (SSSR count). The zero-order valence-corrected chi connectivity index (χ0v) is 11.1. The lowest BCUT2D eigenvalue weighted by Gasteiger charge is -2.12. The van der Waals surface area contributed by atoms with Gasteiger partial charge in [0.1, 0.15) is 11.3 Å². The molecular formula is C15H15NO3. The molecule has 0 aliphatic carbocycles. The first kappa shape index (κ1) is 13.1. The van der Waals surface area contributed by atoms with E-state index in [4.69, 9.17) is 9.84 Å². The van der Waals surface area contributed by atoms with Crippen LogP contribution in [0.15, 0.2) is 30.5 Å². The standard InChI is InChI=1S/C15H15NO3/c1-9-7-10(2)11(3)13(8-9)19-14-12(15(17)18)5-4-6-16-14/h4-8H,1-3H3,(H,17,18). The fourth-order valence-electron chi connectivity index (χ4n) is 1.85. The van der Waals surface area contributed by atoms with Gasteiger partial charge in [0.15, 0.2) is 0 Å². The van der Waals surface area contributed by atoms with E-state index in [-0.39, 0.29) is 11.4 Å². The van der Waals surface area contributed by atoms with E-state index in [1.807, 2.05) is 26.8 Å². The number of nitrogens with zero attached hydrogens (tertiary/aromatic N) is 1. The highest BCUT2D eigenvalue weighted by Crippen LogP contribution is 2.29. The first-order valence-corrected chi connectivity index (χ1v) is 5.93. The smallest absolute Gasteiger partial charge is 0.341 e. The number of benzene rings is 1. The summed E-state index contributed by atoms with van der Waals surface area (Å²) in [7, 11) is 0. The van der Waals surface area contributed by atoms with Crippen molar-refractivity contribution in [3.8, 4) is 11.6 Å². The molecule has 4 nitrogen and oxygen atoms in total. The molecule has 0 aliphatic rings. The minimum Gasteiger partial charge on any atom is -0.477 e. The number of hydrogen-bond donors (Lipinski definition) is 1. The Balaban J connectivity index is 2.45. The third-order valence-electron chi connectivity index (χ3n) is 2.97. The molecule has 1 aromatic heterocycles. The molecular weight excluding hydrogens is 242 g/mol. The Bertz CT molecular complexity index is 635. The van der Waals surface area contributed by atoms with Gasteiger partial charge in [-0.2, -0.15) is 0 Å². The van der Waals surface area contributed by atoms with Crippen molar-refractivity contribution in [2.24, 2.45) is 0 Å². The zero-order valence-electron chi connectivity index (χ0n) is 11.1. The summed E-state index contributed by atoms with van der Waals surface area (Å²) in [6.07, 6.45) is 1.51. The molecule has 98 valence electrons. The maximum atomic E-state index is 11.1. The average molecular weight is 257 g/mol. The van der Waals surface area contributed by atoms with Crippen molar-refractivity contribution in [2.45, 2.75) is 20.8 Å². The molecule has 0 bridgehead atoms. The van der Waals surface area contributed by atoms with E-state index in [9.17, 15) is 4.79 Å². The summed E-state index contributed by atoms with van der Waals surface area (Å²) >= 11 is 0. The Labute approximate surface area is 111 Å². The minimum atomic E-state index is -1.05. The first-order valence-electron chi connectivity index (χ1n) is 5.93. The summed E-state index contributed by atoms with van der Waals surface area (Å²) in [5.41, 5.74) is 3.20. The third kappa shape index (κ3) is 2.73. The molecule has 0 saturated heterocycles. The lowest BCUT2D eigenvalue weighted by atomic mass is 10.1. The molecule has 0 amide bonds. The Morgan fingerprint density at radius 2 is 2.00 bits per heavy atom. The fraction of sp³-hybridized carbons (Fsp3) is 0.200. The van der Waals surface area contributed by atoms with Crippen molar-refractivity contribution in [3.63, 3.8) is 0 Å². The summed E-state index contributed by atoms with van der Waals surface area (Å²) in [4.78, 5) is 15.1. The van der Waals surface area contributed by atoms with Crippen molar-refractivity contribution in [2.75, 3.05) is 0 Å². The number of aromatic carboxylic acids is 1. The van der Waals surface area contributed by atoms with E-state index in [2.05, 4.69) is 11.1 Å². The van der Waals surface area contributed by atoms with E-state index >= 15 is 0 Å². The zero-order chi connectivity index (χ0) is 14.0. The second kappa shape index (κ2) is 5.10. The molecule has 0 radical (unpaired) electrons. The van der Waals surface area contributed by atoms with Crippen LogP contribution >= 0.6 is 0 Å². The molecule has 0 atom stereocenters. The van der Waals surface area contributed by atoms with Gasteiger partial charge in [0.2, 0.25) is 5.88 Å². The number of aromatic nitrogens is 1. The van der Waals surface area contributed by atoms with Crippen LogP contribution in [0.4, 0.5) is 0 Å². The van der Waals surface area contributed by atoms with Crippen LogP contribution in [0.3, 0.4) is 0 Å². The van der Waals surface area contributed by atoms with Gasteiger partial charge in [-0.05, 0) is 55.7 Å². The van der Waals surface area contributed by atoms with Crippen LogP contribution in [0, 0.1) is 20.8 Å². The Morgan fingerprint density at radius 3 is 2.68 bits per heavy atom. The number of rotatable bonds is 3.